The van der Waals surface area contributed by atoms with Crippen LogP contribution in [0.4, 0.5) is 0 Å². The number of ether oxygens (including phenoxy) is 2. The number of nitrogens with one attached hydrogen (secondary N) is 2. The molecule has 0 bridgehead atoms. The Morgan fingerprint density at radius 3 is 3.08 bits per heavy atom. The summed E-state index contributed by atoms with van der Waals surface area (Å²) in [5.41, 5.74) is 0.593. The van der Waals surface area contributed by atoms with Crippen molar-refractivity contribution in [3.63, 3.8) is 0 Å². The van der Waals surface area contributed by atoms with Crippen LogP contribution in [0.5, 0.6) is 11.5 Å². The summed E-state index contributed by atoms with van der Waals surface area (Å²) >= 11 is 8.02. The summed E-state index contributed by atoms with van der Waals surface area (Å²) in [6, 6.07) is 3.55. The first-order valence-corrected chi connectivity index (χ1v) is 9.51. The monoisotopic (exact) mass is 372 g/mol. The molecule has 1 fully saturated rings. The second-order valence-corrected chi connectivity index (χ2v) is 7.33. The second kappa shape index (κ2) is 8.29. The number of thioether (sulfide) groups is 1. The number of amides is 1. The number of benzene rings is 1. The standard InChI is InChI=1S/C16H21ClN2O4S/c17-12-5-10(6-14-16(12)23-3-2-22-14)13(20)8-19-15(21)7-11-9-24-4-1-18-11/h5-6,11,13,18,20H,1-4,7-9H2,(H,19,21). The van der Waals surface area contributed by atoms with E-state index in [0.717, 1.165) is 18.1 Å². The number of carbonyl (C=O) groups is 1. The Hall–Kier alpha value is -1.15. The van der Waals surface area contributed by atoms with Crippen molar-refractivity contribution in [2.75, 3.05) is 37.8 Å². The zero-order valence-electron chi connectivity index (χ0n) is 13.2. The molecule has 3 N–H and O–H groups in total. The van der Waals surface area contributed by atoms with E-state index >= 15 is 0 Å². The van der Waals surface area contributed by atoms with E-state index < -0.39 is 6.10 Å². The Balaban J connectivity index is 1.53. The number of carbonyl (C=O) groups excluding carboxylic acids is 1. The van der Waals surface area contributed by atoms with Gasteiger partial charge in [-0.3, -0.25) is 4.79 Å². The van der Waals surface area contributed by atoms with E-state index in [4.69, 9.17) is 21.1 Å². The Bertz CT molecular complexity index is 596. The molecule has 1 aromatic rings. The van der Waals surface area contributed by atoms with Gasteiger partial charge in [0.05, 0.1) is 11.1 Å². The van der Waals surface area contributed by atoms with Crippen LogP contribution in [0.25, 0.3) is 0 Å². The minimum Gasteiger partial charge on any atom is -0.486 e. The molecular formula is C16H21ClN2O4S. The van der Waals surface area contributed by atoms with Crippen LogP contribution in [0.1, 0.15) is 18.1 Å². The molecule has 1 aromatic carbocycles. The van der Waals surface area contributed by atoms with Crippen LogP contribution in [0.2, 0.25) is 5.02 Å². The maximum Gasteiger partial charge on any atom is 0.221 e. The number of hydrogen-bond acceptors (Lipinski definition) is 6. The van der Waals surface area contributed by atoms with Crippen molar-refractivity contribution in [3.05, 3.63) is 22.7 Å². The fourth-order valence-corrected chi connectivity index (χ4v) is 3.92. The zero-order chi connectivity index (χ0) is 16.9. The smallest absolute Gasteiger partial charge is 0.221 e. The third-order valence-corrected chi connectivity index (χ3v) is 5.34. The lowest BCUT2D eigenvalue weighted by molar-refractivity contribution is -0.121. The van der Waals surface area contributed by atoms with Gasteiger partial charge in [0.1, 0.15) is 13.2 Å². The quantitative estimate of drug-likeness (QED) is 0.724. The van der Waals surface area contributed by atoms with Gasteiger partial charge >= 0.3 is 0 Å². The third kappa shape index (κ3) is 4.47. The maximum atomic E-state index is 12.0. The Kier molecular flexibility index (Phi) is 6.10. The van der Waals surface area contributed by atoms with Gasteiger partial charge < -0.3 is 25.2 Å². The third-order valence-electron chi connectivity index (χ3n) is 3.93. The van der Waals surface area contributed by atoms with Gasteiger partial charge in [0.2, 0.25) is 5.91 Å². The van der Waals surface area contributed by atoms with Crippen molar-refractivity contribution in [1.82, 2.24) is 10.6 Å². The molecule has 2 aliphatic heterocycles. The van der Waals surface area contributed by atoms with Gasteiger partial charge in [-0.25, -0.2) is 0 Å². The number of halogens is 1. The fraction of sp³-hybridized carbons (Fsp3) is 0.562. The van der Waals surface area contributed by atoms with Crippen LogP contribution in [0.15, 0.2) is 12.1 Å². The molecule has 2 atom stereocenters. The lowest BCUT2D eigenvalue weighted by Gasteiger charge is -2.23. The van der Waals surface area contributed by atoms with E-state index in [1.165, 1.54) is 0 Å². The first-order valence-electron chi connectivity index (χ1n) is 7.98. The molecule has 0 aromatic heterocycles. The first kappa shape index (κ1) is 17.7. The molecule has 1 saturated heterocycles. The Labute approximate surface area is 150 Å². The molecule has 8 heteroatoms. The number of aliphatic hydroxyl groups excluding tert-OH is 1. The van der Waals surface area contributed by atoms with Crippen LogP contribution in [-0.4, -0.2) is 54.9 Å². The van der Waals surface area contributed by atoms with Crippen LogP contribution >= 0.6 is 23.4 Å². The van der Waals surface area contributed by atoms with Crippen LogP contribution < -0.4 is 20.1 Å². The van der Waals surface area contributed by atoms with Gasteiger partial charge in [0.15, 0.2) is 11.5 Å². The number of fused-ring (bicyclic) bond motifs is 1. The summed E-state index contributed by atoms with van der Waals surface area (Å²) in [4.78, 5) is 12.0. The molecule has 0 aliphatic carbocycles. The molecule has 24 heavy (non-hydrogen) atoms. The average Bonchev–Trinajstić information content (AvgIpc) is 2.60. The molecule has 2 heterocycles. The SMILES string of the molecule is O=C(CC1CSCCN1)NCC(O)c1cc(Cl)c2c(c1)OCCO2. The highest BCUT2D eigenvalue weighted by atomic mass is 35.5. The van der Waals surface area contributed by atoms with Gasteiger partial charge in [-0.15, -0.1) is 0 Å². The van der Waals surface area contributed by atoms with Crippen molar-refractivity contribution in [2.24, 2.45) is 0 Å². The number of hydrogen-bond donors (Lipinski definition) is 3. The molecule has 0 saturated carbocycles. The number of rotatable bonds is 5. The second-order valence-electron chi connectivity index (χ2n) is 5.78. The predicted octanol–water partition coefficient (Wildman–Crippen LogP) is 1.36. The van der Waals surface area contributed by atoms with Crippen molar-refractivity contribution in [1.29, 1.82) is 0 Å². The summed E-state index contributed by atoms with van der Waals surface area (Å²) in [6.45, 7) is 1.97. The minimum absolute atomic E-state index is 0.0716. The maximum absolute atomic E-state index is 12.0. The highest BCUT2D eigenvalue weighted by Gasteiger charge is 2.21. The minimum atomic E-state index is -0.851. The van der Waals surface area contributed by atoms with Gasteiger partial charge in [-0.05, 0) is 17.7 Å². The van der Waals surface area contributed by atoms with Crippen LogP contribution in [0, 0.1) is 0 Å². The molecule has 3 rings (SSSR count). The molecule has 0 spiro atoms. The summed E-state index contributed by atoms with van der Waals surface area (Å²) < 4.78 is 11.0. The van der Waals surface area contributed by atoms with Crippen LogP contribution in [0.3, 0.4) is 0 Å². The summed E-state index contributed by atoms with van der Waals surface area (Å²) in [6.07, 6.45) is -0.433. The van der Waals surface area contributed by atoms with Crippen molar-refractivity contribution < 1.29 is 19.4 Å². The largest absolute Gasteiger partial charge is 0.486 e. The Morgan fingerprint density at radius 2 is 2.29 bits per heavy atom. The molecule has 0 radical (unpaired) electrons. The van der Waals surface area contributed by atoms with Gasteiger partial charge in [0, 0.05) is 37.1 Å². The fourth-order valence-electron chi connectivity index (χ4n) is 2.70. The normalized spacial score (nSPS) is 21.2. The predicted molar refractivity (Wildman–Crippen MR) is 94.1 cm³/mol. The topological polar surface area (TPSA) is 79.8 Å². The average molecular weight is 373 g/mol. The lowest BCUT2D eigenvalue weighted by Crippen LogP contribution is -2.41. The van der Waals surface area contributed by atoms with Crippen LogP contribution in [-0.2, 0) is 4.79 Å². The van der Waals surface area contributed by atoms with E-state index in [2.05, 4.69) is 10.6 Å². The molecule has 1 amide bonds. The highest BCUT2D eigenvalue weighted by Crippen LogP contribution is 2.39. The first-order chi connectivity index (χ1) is 11.6. The van der Waals surface area contributed by atoms with E-state index in [1.807, 2.05) is 11.8 Å². The summed E-state index contributed by atoms with van der Waals surface area (Å²) in [5.74, 6) is 2.98. The summed E-state index contributed by atoms with van der Waals surface area (Å²) in [7, 11) is 0. The van der Waals surface area contributed by atoms with Crippen molar-refractivity contribution in [3.8, 4) is 11.5 Å². The molecule has 132 valence electrons. The van der Waals surface area contributed by atoms with E-state index in [-0.39, 0.29) is 18.5 Å². The molecule has 2 unspecified atom stereocenters. The van der Waals surface area contributed by atoms with E-state index in [9.17, 15) is 9.90 Å². The van der Waals surface area contributed by atoms with Crippen molar-refractivity contribution in [2.45, 2.75) is 18.6 Å². The molecular weight excluding hydrogens is 352 g/mol. The summed E-state index contributed by atoms with van der Waals surface area (Å²) in [5, 5.41) is 16.8. The van der Waals surface area contributed by atoms with Gasteiger partial charge in [-0.2, -0.15) is 11.8 Å². The highest BCUT2D eigenvalue weighted by molar-refractivity contribution is 7.99. The van der Waals surface area contributed by atoms with E-state index in [0.29, 0.717) is 41.7 Å². The van der Waals surface area contributed by atoms with Crippen molar-refractivity contribution >= 4 is 29.3 Å². The van der Waals surface area contributed by atoms with E-state index in [1.54, 1.807) is 12.1 Å². The Morgan fingerprint density at radius 1 is 1.46 bits per heavy atom. The van der Waals surface area contributed by atoms with Gasteiger partial charge in [-0.1, -0.05) is 11.6 Å². The zero-order valence-corrected chi connectivity index (χ0v) is 14.8. The number of aliphatic hydroxyl groups is 1. The molecule has 2 aliphatic rings. The van der Waals surface area contributed by atoms with Gasteiger partial charge in [0.25, 0.3) is 0 Å². The molecule has 6 nitrogen and oxygen atoms in total. The lowest BCUT2D eigenvalue weighted by atomic mass is 10.1.